The molecule has 1 heterocycles. The Labute approximate surface area is 120 Å². The van der Waals surface area contributed by atoms with Crippen LogP contribution in [0.15, 0.2) is 36.4 Å². The van der Waals surface area contributed by atoms with E-state index in [4.69, 9.17) is 28.9 Å². The second-order valence-corrected chi connectivity index (χ2v) is 5.16. The molecular formula is C14H11Cl2N3. The first-order valence-electron chi connectivity index (χ1n) is 5.77. The quantitative estimate of drug-likeness (QED) is 0.729. The van der Waals surface area contributed by atoms with Crippen molar-refractivity contribution in [2.24, 2.45) is 0 Å². The number of nitrogens with zero attached hydrogens (tertiary/aromatic N) is 2. The van der Waals surface area contributed by atoms with Gasteiger partial charge in [0.1, 0.15) is 5.52 Å². The molecule has 0 bridgehead atoms. The Balaban J connectivity index is 2.33. The van der Waals surface area contributed by atoms with Crippen molar-refractivity contribution in [3.8, 4) is 5.69 Å². The Bertz CT molecular complexity index is 778. The summed E-state index contributed by atoms with van der Waals surface area (Å²) in [6, 6.07) is 11.4. The van der Waals surface area contributed by atoms with E-state index in [2.05, 4.69) is 4.98 Å². The molecule has 96 valence electrons. The second kappa shape index (κ2) is 4.44. The maximum atomic E-state index is 6.16. The van der Waals surface area contributed by atoms with Gasteiger partial charge >= 0.3 is 0 Å². The lowest BCUT2D eigenvalue weighted by Gasteiger charge is -2.08. The molecule has 0 amide bonds. The molecule has 3 rings (SSSR count). The van der Waals surface area contributed by atoms with Crippen molar-refractivity contribution in [1.29, 1.82) is 0 Å². The molecule has 0 saturated carbocycles. The third-order valence-electron chi connectivity index (χ3n) is 3.08. The number of aromatic nitrogens is 2. The molecule has 0 atom stereocenters. The molecule has 2 N–H and O–H groups in total. The van der Waals surface area contributed by atoms with E-state index in [0.29, 0.717) is 21.5 Å². The molecular weight excluding hydrogens is 281 g/mol. The van der Waals surface area contributed by atoms with Gasteiger partial charge in [-0.15, -0.1) is 0 Å². The van der Waals surface area contributed by atoms with Crippen LogP contribution in [0.3, 0.4) is 0 Å². The number of para-hydroxylation sites is 1. The summed E-state index contributed by atoms with van der Waals surface area (Å²) in [5, 5.41) is 1.28. The molecule has 19 heavy (non-hydrogen) atoms. The van der Waals surface area contributed by atoms with Gasteiger partial charge in [-0.3, -0.25) is 4.57 Å². The standard InChI is InChI=1S/C14H11Cl2N3/c1-8-5-6-9(7-11(8)16)19-12-4-2-3-10(15)13(12)18-14(19)17/h2-7H,1H3,(H2,17,18). The minimum atomic E-state index is 0.392. The molecule has 0 unspecified atom stereocenters. The van der Waals surface area contributed by atoms with E-state index in [9.17, 15) is 0 Å². The topological polar surface area (TPSA) is 43.8 Å². The van der Waals surface area contributed by atoms with E-state index < -0.39 is 0 Å². The average molecular weight is 292 g/mol. The lowest BCUT2D eigenvalue weighted by Crippen LogP contribution is -2.00. The first kappa shape index (κ1) is 12.3. The largest absolute Gasteiger partial charge is 0.369 e. The summed E-state index contributed by atoms with van der Waals surface area (Å²) >= 11 is 12.3. The summed E-state index contributed by atoms with van der Waals surface area (Å²) in [5.74, 6) is 0.392. The molecule has 0 aliphatic heterocycles. The highest BCUT2D eigenvalue weighted by atomic mass is 35.5. The highest BCUT2D eigenvalue weighted by Crippen LogP contribution is 2.29. The predicted octanol–water partition coefficient (Wildman–Crippen LogP) is 4.22. The Morgan fingerprint density at radius 2 is 1.89 bits per heavy atom. The molecule has 0 saturated heterocycles. The number of halogens is 2. The maximum Gasteiger partial charge on any atom is 0.205 e. The summed E-state index contributed by atoms with van der Waals surface area (Å²) in [6.07, 6.45) is 0. The monoisotopic (exact) mass is 291 g/mol. The summed E-state index contributed by atoms with van der Waals surface area (Å²) in [6.45, 7) is 1.96. The van der Waals surface area contributed by atoms with E-state index >= 15 is 0 Å². The molecule has 3 aromatic rings. The number of fused-ring (bicyclic) bond motifs is 1. The molecule has 0 fully saturated rings. The van der Waals surface area contributed by atoms with E-state index in [-0.39, 0.29) is 0 Å². The summed E-state index contributed by atoms with van der Waals surface area (Å²) < 4.78 is 1.84. The third kappa shape index (κ3) is 1.95. The van der Waals surface area contributed by atoms with Crippen LogP contribution in [0.1, 0.15) is 5.56 Å². The lowest BCUT2D eigenvalue weighted by atomic mass is 10.2. The Hall–Kier alpha value is -1.71. The third-order valence-corrected chi connectivity index (χ3v) is 3.79. The van der Waals surface area contributed by atoms with Crippen LogP contribution in [0.25, 0.3) is 16.7 Å². The van der Waals surface area contributed by atoms with Gasteiger partial charge in [0.2, 0.25) is 5.95 Å². The zero-order valence-electron chi connectivity index (χ0n) is 10.2. The number of hydrogen-bond acceptors (Lipinski definition) is 2. The smallest absolute Gasteiger partial charge is 0.205 e. The lowest BCUT2D eigenvalue weighted by molar-refractivity contribution is 1.11. The minimum Gasteiger partial charge on any atom is -0.369 e. The van der Waals surface area contributed by atoms with Gasteiger partial charge in [0.15, 0.2) is 0 Å². The normalized spacial score (nSPS) is 11.1. The van der Waals surface area contributed by atoms with Crippen LogP contribution in [-0.4, -0.2) is 9.55 Å². The highest BCUT2D eigenvalue weighted by Gasteiger charge is 2.12. The molecule has 0 spiro atoms. The Morgan fingerprint density at radius 3 is 2.63 bits per heavy atom. The van der Waals surface area contributed by atoms with Crippen LogP contribution in [0, 0.1) is 6.92 Å². The molecule has 0 aliphatic carbocycles. The van der Waals surface area contributed by atoms with E-state index in [1.165, 1.54) is 0 Å². The van der Waals surface area contributed by atoms with Gasteiger partial charge in [0.05, 0.1) is 16.2 Å². The molecule has 0 radical (unpaired) electrons. The van der Waals surface area contributed by atoms with Crippen molar-refractivity contribution in [1.82, 2.24) is 9.55 Å². The number of nitrogens with two attached hydrogens (primary N) is 1. The van der Waals surface area contributed by atoms with E-state index in [0.717, 1.165) is 16.8 Å². The Kier molecular flexibility index (Phi) is 2.88. The molecule has 5 heteroatoms. The molecule has 2 aromatic carbocycles. The van der Waals surface area contributed by atoms with E-state index in [1.54, 1.807) is 6.07 Å². The van der Waals surface area contributed by atoms with Gasteiger partial charge in [-0.25, -0.2) is 4.98 Å². The number of aryl methyl sites for hydroxylation is 1. The number of anilines is 1. The van der Waals surface area contributed by atoms with Crippen LogP contribution >= 0.6 is 23.2 Å². The van der Waals surface area contributed by atoms with Crippen LogP contribution in [0.4, 0.5) is 5.95 Å². The van der Waals surface area contributed by atoms with Gasteiger partial charge in [0, 0.05) is 5.02 Å². The van der Waals surface area contributed by atoms with Gasteiger partial charge in [-0.2, -0.15) is 0 Å². The summed E-state index contributed by atoms with van der Waals surface area (Å²) in [4.78, 5) is 4.31. The molecule has 1 aromatic heterocycles. The summed E-state index contributed by atoms with van der Waals surface area (Å²) in [7, 11) is 0. The van der Waals surface area contributed by atoms with Crippen LogP contribution in [-0.2, 0) is 0 Å². The van der Waals surface area contributed by atoms with E-state index in [1.807, 2.05) is 41.8 Å². The number of benzene rings is 2. The van der Waals surface area contributed by atoms with Crippen molar-refractivity contribution < 1.29 is 0 Å². The zero-order valence-corrected chi connectivity index (χ0v) is 11.7. The number of nitrogen functional groups attached to an aromatic ring is 1. The van der Waals surface area contributed by atoms with Crippen molar-refractivity contribution in [3.63, 3.8) is 0 Å². The highest BCUT2D eigenvalue weighted by molar-refractivity contribution is 6.35. The van der Waals surface area contributed by atoms with Crippen molar-refractivity contribution in [2.45, 2.75) is 6.92 Å². The first-order valence-corrected chi connectivity index (χ1v) is 6.52. The summed E-state index contributed by atoms with van der Waals surface area (Å²) in [5.41, 5.74) is 9.44. The van der Waals surface area contributed by atoms with Gasteiger partial charge < -0.3 is 5.73 Å². The van der Waals surface area contributed by atoms with Crippen molar-refractivity contribution in [3.05, 3.63) is 52.0 Å². The van der Waals surface area contributed by atoms with Crippen molar-refractivity contribution >= 4 is 40.2 Å². The van der Waals surface area contributed by atoms with Gasteiger partial charge in [-0.1, -0.05) is 35.3 Å². The fraction of sp³-hybridized carbons (Fsp3) is 0.0714. The average Bonchev–Trinajstić information content (AvgIpc) is 2.71. The second-order valence-electron chi connectivity index (χ2n) is 4.35. The van der Waals surface area contributed by atoms with Crippen LogP contribution in [0.2, 0.25) is 10.0 Å². The number of imidazole rings is 1. The fourth-order valence-electron chi connectivity index (χ4n) is 2.08. The first-order chi connectivity index (χ1) is 9.08. The van der Waals surface area contributed by atoms with Crippen molar-refractivity contribution in [2.75, 3.05) is 5.73 Å². The number of rotatable bonds is 1. The SMILES string of the molecule is Cc1ccc(-n2c(N)nc3c(Cl)cccc32)cc1Cl. The van der Waals surface area contributed by atoms with Crippen LogP contribution in [0.5, 0.6) is 0 Å². The van der Waals surface area contributed by atoms with Gasteiger partial charge in [0.25, 0.3) is 0 Å². The molecule has 0 aliphatic rings. The predicted molar refractivity (Wildman–Crippen MR) is 80.2 cm³/mol. The molecule has 3 nitrogen and oxygen atoms in total. The van der Waals surface area contributed by atoms with Gasteiger partial charge in [-0.05, 0) is 36.8 Å². The fourth-order valence-corrected chi connectivity index (χ4v) is 2.46. The van der Waals surface area contributed by atoms with Crippen LogP contribution < -0.4 is 5.73 Å². The Morgan fingerprint density at radius 1 is 1.11 bits per heavy atom. The number of hydrogen-bond donors (Lipinski definition) is 1. The maximum absolute atomic E-state index is 6.16. The zero-order chi connectivity index (χ0) is 13.6. The minimum absolute atomic E-state index is 0.392.